The van der Waals surface area contributed by atoms with Crippen LogP contribution < -0.4 is 5.32 Å². The van der Waals surface area contributed by atoms with E-state index in [-0.39, 0.29) is 5.91 Å². The van der Waals surface area contributed by atoms with Crippen molar-refractivity contribution in [1.29, 1.82) is 0 Å². The van der Waals surface area contributed by atoms with E-state index in [1.807, 2.05) is 19.2 Å². The zero-order chi connectivity index (χ0) is 17.1. The fraction of sp³-hybridized carbons (Fsp3) is 0.118. The number of nitrogens with zero attached hydrogens (tertiary/aromatic N) is 3. The van der Waals surface area contributed by atoms with Gasteiger partial charge in [0, 0.05) is 42.8 Å². The Kier molecular flexibility index (Phi) is 4.83. The summed E-state index contributed by atoms with van der Waals surface area (Å²) in [5, 5.41) is 7.79. The van der Waals surface area contributed by atoms with Crippen LogP contribution in [0, 0.1) is 0 Å². The van der Waals surface area contributed by atoms with Gasteiger partial charge < -0.3 is 5.32 Å². The Bertz CT molecular complexity index is 892. The summed E-state index contributed by atoms with van der Waals surface area (Å²) in [5.74, 6) is -0.261. The minimum absolute atomic E-state index is 0.261. The largest absolute Gasteiger partial charge is 0.348 e. The molecule has 0 aliphatic heterocycles. The van der Waals surface area contributed by atoms with Crippen molar-refractivity contribution in [1.82, 2.24) is 20.1 Å². The Morgan fingerprint density at radius 3 is 2.75 bits per heavy atom. The highest BCUT2D eigenvalue weighted by Crippen LogP contribution is 2.21. The van der Waals surface area contributed by atoms with Crippen molar-refractivity contribution >= 4 is 29.1 Å². The average Bonchev–Trinajstić information content (AvgIpc) is 2.99. The molecule has 2 aromatic heterocycles. The van der Waals surface area contributed by atoms with Crippen molar-refractivity contribution in [3.05, 3.63) is 70.1 Å². The van der Waals surface area contributed by atoms with Gasteiger partial charge in [-0.25, -0.2) is 0 Å². The van der Waals surface area contributed by atoms with Gasteiger partial charge >= 0.3 is 0 Å². The lowest BCUT2D eigenvalue weighted by atomic mass is 10.1. The molecule has 0 aliphatic rings. The Morgan fingerprint density at radius 2 is 2.04 bits per heavy atom. The lowest BCUT2D eigenvalue weighted by molar-refractivity contribution is 0.0951. The summed E-state index contributed by atoms with van der Waals surface area (Å²) in [6.45, 7) is 0.344. The smallest absolute Gasteiger partial charge is 0.253 e. The third-order valence-corrected chi connectivity index (χ3v) is 4.09. The van der Waals surface area contributed by atoms with E-state index in [0.29, 0.717) is 22.2 Å². The number of benzene rings is 1. The van der Waals surface area contributed by atoms with E-state index < -0.39 is 0 Å². The molecule has 0 unspecified atom stereocenters. The van der Waals surface area contributed by atoms with Crippen LogP contribution in [-0.2, 0) is 13.6 Å². The average molecular weight is 361 g/mol. The number of carbonyl (C=O) groups excluding carboxylic acids is 1. The molecule has 2 heterocycles. The number of hydrogen-bond donors (Lipinski definition) is 1. The van der Waals surface area contributed by atoms with E-state index in [0.717, 1.165) is 16.8 Å². The first-order valence-corrected chi connectivity index (χ1v) is 7.96. The highest BCUT2D eigenvalue weighted by atomic mass is 35.5. The molecule has 0 spiro atoms. The number of rotatable bonds is 4. The quantitative estimate of drug-likeness (QED) is 0.771. The second-order valence-corrected chi connectivity index (χ2v) is 6.07. The van der Waals surface area contributed by atoms with Crippen LogP contribution in [0.4, 0.5) is 0 Å². The summed E-state index contributed by atoms with van der Waals surface area (Å²) < 4.78 is 1.77. The van der Waals surface area contributed by atoms with Gasteiger partial charge in [0.2, 0.25) is 0 Å². The van der Waals surface area contributed by atoms with E-state index >= 15 is 0 Å². The third-order valence-electron chi connectivity index (χ3n) is 3.54. The summed E-state index contributed by atoms with van der Waals surface area (Å²) >= 11 is 11.9. The van der Waals surface area contributed by atoms with Crippen LogP contribution in [-0.4, -0.2) is 20.7 Å². The summed E-state index contributed by atoms with van der Waals surface area (Å²) in [6.07, 6.45) is 5.20. The maximum Gasteiger partial charge on any atom is 0.253 e. The van der Waals surface area contributed by atoms with Gasteiger partial charge in [-0.3, -0.25) is 14.5 Å². The van der Waals surface area contributed by atoms with Crippen LogP contribution >= 0.6 is 23.2 Å². The van der Waals surface area contributed by atoms with Gasteiger partial charge in [-0.05, 0) is 35.9 Å². The number of aromatic nitrogens is 3. The van der Waals surface area contributed by atoms with Crippen molar-refractivity contribution in [2.24, 2.45) is 7.05 Å². The molecule has 0 bridgehead atoms. The first-order valence-electron chi connectivity index (χ1n) is 7.20. The predicted molar refractivity (Wildman–Crippen MR) is 94.1 cm³/mol. The molecule has 1 aromatic carbocycles. The number of halogens is 2. The molecular weight excluding hydrogens is 347 g/mol. The molecule has 3 aromatic rings. The lowest BCUT2D eigenvalue weighted by Crippen LogP contribution is -2.23. The van der Waals surface area contributed by atoms with Crippen LogP contribution in [0.15, 0.2) is 48.9 Å². The van der Waals surface area contributed by atoms with E-state index in [9.17, 15) is 4.79 Å². The van der Waals surface area contributed by atoms with Gasteiger partial charge in [0.15, 0.2) is 0 Å². The maximum atomic E-state index is 12.2. The van der Waals surface area contributed by atoms with E-state index in [2.05, 4.69) is 15.4 Å². The topological polar surface area (TPSA) is 59.8 Å². The number of pyridine rings is 1. The Morgan fingerprint density at radius 1 is 1.21 bits per heavy atom. The van der Waals surface area contributed by atoms with Gasteiger partial charge in [0.25, 0.3) is 5.91 Å². The van der Waals surface area contributed by atoms with Crippen LogP contribution in [0.2, 0.25) is 10.0 Å². The van der Waals surface area contributed by atoms with E-state index in [4.69, 9.17) is 23.2 Å². The molecule has 0 saturated heterocycles. The van der Waals surface area contributed by atoms with Crippen molar-refractivity contribution in [2.75, 3.05) is 0 Å². The lowest BCUT2D eigenvalue weighted by Gasteiger charge is -2.08. The van der Waals surface area contributed by atoms with Crippen molar-refractivity contribution < 1.29 is 4.79 Å². The van der Waals surface area contributed by atoms with Gasteiger partial charge in [0.05, 0.1) is 16.3 Å². The Hall–Kier alpha value is -2.37. The highest BCUT2D eigenvalue weighted by molar-refractivity contribution is 6.36. The predicted octanol–water partition coefficient (Wildman–Crippen LogP) is 3.72. The maximum absolute atomic E-state index is 12.2. The van der Waals surface area contributed by atoms with Crippen LogP contribution in [0.1, 0.15) is 15.9 Å². The fourth-order valence-electron chi connectivity index (χ4n) is 2.33. The van der Waals surface area contributed by atoms with Crippen molar-refractivity contribution in [2.45, 2.75) is 6.54 Å². The molecule has 0 fully saturated rings. The molecule has 0 atom stereocenters. The molecule has 7 heteroatoms. The molecule has 1 N–H and O–H groups in total. The van der Waals surface area contributed by atoms with Crippen LogP contribution in [0.3, 0.4) is 0 Å². The third kappa shape index (κ3) is 3.58. The van der Waals surface area contributed by atoms with Crippen molar-refractivity contribution in [3.8, 4) is 11.3 Å². The fourth-order valence-corrected chi connectivity index (χ4v) is 2.83. The Labute approximate surface area is 149 Å². The van der Waals surface area contributed by atoms with Crippen molar-refractivity contribution in [3.63, 3.8) is 0 Å². The van der Waals surface area contributed by atoms with E-state index in [1.54, 1.807) is 41.5 Å². The zero-order valence-electron chi connectivity index (χ0n) is 12.8. The van der Waals surface area contributed by atoms with Gasteiger partial charge in [-0.15, -0.1) is 0 Å². The zero-order valence-corrected chi connectivity index (χ0v) is 14.3. The van der Waals surface area contributed by atoms with Crippen LogP contribution in [0.25, 0.3) is 11.3 Å². The molecule has 0 saturated carbocycles. The SMILES string of the molecule is Cn1nccc1-c1cncc(CNC(=O)c2ccc(Cl)cc2Cl)c1. The first-order chi connectivity index (χ1) is 11.5. The number of hydrogen-bond acceptors (Lipinski definition) is 3. The minimum atomic E-state index is -0.261. The Balaban J connectivity index is 1.73. The monoisotopic (exact) mass is 360 g/mol. The molecule has 0 aliphatic carbocycles. The summed E-state index contributed by atoms with van der Waals surface area (Å²) in [4.78, 5) is 16.5. The summed E-state index contributed by atoms with van der Waals surface area (Å²) in [7, 11) is 1.87. The van der Waals surface area contributed by atoms with E-state index in [1.165, 1.54) is 0 Å². The van der Waals surface area contributed by atoms with Gasteiger partial charge in [-0.1, -0.05) is 23.2 Å². The summed E-state index contributed by atoms with van der Waals surface area (Å²) in [6, 6.07) is 8.65. The molecule has 0 radical (unpaired) electrons. The number of aryl methyl sites for hydroxylation is 1. The van der Waals surface area contributed by atoms with Crippen LogP contribution in [0.5, 0.6) is 0 Å². The highest BCUT2D eigenvalue weighted by Gasteiger charge is 2.11. The molecule has 122 valence electrons. The number of carbonyl (C=O) groups is 1. The molecule has 5 nitrogen and oxygen atoms in total. The number of nitrogens with one attached hydrogen (secondary N) is 1. The standard InChI is InChI=1S/C17H14Cl2N4O/c1-23-16(4-5-22-23)12-6-11(8-20-10-12)9-21-17(24)14-3-2-13(18)7-15(14)19/h2-8,10H,9H2,1H3,(H,21,24). The molecular formula is C17H14Cl2N4O. The second-order valence-electron chi connectivity index (χ2n) is 5.23. The van der Waals surface area contributed by atoms with Gasteiger partial charge in [-0.2, -0.15) is 5.10 Å². The second kappa shape index (κ2) is 7.03. The summed E-state index contributed by atoms with van der Waals surface area (Å²) in [5.41, 5.74) is 3.16. The molecule has 1 amide bonds. The molecule has 3 rings (SSSR count). The minimum Gasteiger partial charge on any atom is -0.348 e. The molecule has 24 heavy (non-hydrogen) atoms. The first kappa shape index (κ1) is 16.5. The number of amides is 1. The van der Waals surface area contributed by atoms with Gasteiger partial charge in [0.1, 0.15) is 0 Å². The normalized spacial score (nSPS) is 10.6.